The minimum Gasteiger partial charge on any atom is -0.309 e. The lowest BCUT2D eigenvalue weighted by atomic mass is 9.92. The van der Waals surface area contributed by atoms with Crippen molar-refractivity contribution in [2.75, 3.05) is 0 Å². The van der Waals surface area contributed by atoms with Gasteiger partial charge in [0.1, 0.15) is 0 Å². The fourth-order valence-corrected chi connectivity index (χ4v) is 21.3. The van der Waals surface area contributed by atoms with E-state index in [0.29, 0.717) is 5.95 Å². The Balaban J connectivity index is 0.668. The Morgan fingerprint density at radius 1 is 0.121 bits per heavy atom. The molecule has 0 radical (unpaired) electrons. The molecule has 0 aliphatic carbocycles. The third-order valence-electron chi connectivity index (χ3n) is 27.4. The van der Waals surface area contributed by atoms with Crippen molar-refractivity contribution in [2.45, 2.75) is 0 Å². The monoisotopic (exact) mass is 1680 g/mol. The van der Waals surface area contributed by atoms with Gasteiger partial charge in [0.2, 0.25) is 5.95 Å². The molecule has 0 aliphatic heterocycles. The highest BCUT2D eigenvalue weighted by molar-refractivity contribution is 6.18. The summed E-state index contributed by atoms with van der Waals surface area (Å²) >= 11 is 0. The van der Waals surface area contributed by atoms with Crippen LogP contribution >= 0.6 is 0 Å². The van der Waals surface area contributed by atoms with Crippen LogP contribution in [-0.4, -0.2) is 37.4 Å². The van der Waals surface area contributed by atoms with Crippen LogP contribution in [0.4, 0.5) is 0 Å². The summed E-state index contributed by atoms with van der Waals surface area (Å²) in [5.74, 6) is 0.549. The molecule has 0 atom stereocenters. The van der Waals surface area contributed by atoms with Gasteiger partial charge in [0.15, 0.2) is 0 Å². The number of para-hydroxylation sites is 8. The van der Waals surface area contributed by atoms with Crippen molar-refractivity contribution in [2.24, 2.45) is 0 Å². The van der Waals surface area contributed by atoms with Gasteiger partial charge in [-0.25, -0.2) is 9.97 Å². The molecule has 27 aromatic rings. The molecule has 7 heterocycles. The Labute approximate surface area is 759 Å². The topological polar surface area (TPSA) is 55.4 Å². The minimum atomic E-state index is 0.549. The van der Waals surface area contributed by atoms with E-state index >= 15 is 0 Å². The summed E-state index contributed by atoms with van der Waals surface area (Å²) in [7, 11) is 0. The maximum Gasteiger partial charge on any atom is 0.235 e. The summed E-state index contributed by atoms with van der Waals surface area (Å²) in [6, 6.07) is 174. The number of rotatable bonds is 14. The van der Waals surface area contributed by atoms with Gasteiger partial charge in [-0.1, -0.05) is 279 Å². The fourth-order valence-electron chi connectivity index (χ4n) is 21.3. The van der Waals surface area contributed by atoms with Crippen molar-refractivity contribution in [1.29, 1.82) is 0 Å². The molecule has 0 N–H and O–H groups in total. The van der Waals surface area contributed by atoms with Crippen molar-refractivity contribution >= 4 is 131 Å². The first-order chi connectivity index (χ1) is 65.4. The summed E-state index contributed by atoms with van der Waals surface area (Å²) in [4.78, 5) is 11.9. The summed E-state index contributed by atoms with van der Waals surface area (Å²) < 4.78 is 14.4. The molecule has 7 aromatic heterocycles. The van der Waals surface area contributed by atoms with Crippen molar-refractivity contribution < 1.29 is 0 Å². The molecule has 8 nitrogen and oxygen atoms in total. The zero-order valence-electron chi connectivity index (χ0n) is 71.6. The maximum atomic E-state index is 5.97. The van der Waals surface area contributed by atoms with Crippen LogP contribution in [0.25, 0.3) is 254 Å². The SMILES string of the molecule is c1ccc(-c2ccc(-c3cc(-c4cccc(-n5c6ccc(-c7ccc8c(c7)c7ccccc7n8-c7ccccc7)cc6c6cc(-c7ccc8c(c7)c7ccccc7n8-c7ccccc7)ccc65)c4)nc(-n4c5ccc(-c6ccc7c(c6)c6ccccc6n7-c6ccccc6)cc5c5cc(-c6ccc7c(c6)c6ccccc6n7-c6ccccc6)ccc54)n3)c(-c3ccccc3)c2)cc1. The quantitative estimate of drug-likeness (QED) is 0.109. The van der Waals surface area contributed by atoms with Gasteiger partial charge in [0.05, 0.1) is 77.6 Å². The van der Waals surface area contributed by atoms with E-state index in [9.17, 15) is 0 Å². The Morgan fingerprint density at radius 2 is 0.356 bits per heavy atom. The van der Waals surface area contributed by atoms with Crippen molar-refractivity contribution in [3.8, 4) is 124 Å². The Morgan fingerprint density at radius 3 is 0.689 bits per heavy atom. The number of nitrogens with zero attached hydrogens (tertiary/aromatic N) is 8. The van der Waals surface area contributed by atoms with Crippen molar-refractivity contribution in [3.63, 3.8) is 0 Å². The van der Waals surface area contributed by atoms with Gasteiger partial charge < -0.3 is 22.8 Å². The first-order valence-electron chi connectivity index (χ1n) is 45.2. The molecule has 0 saturated carbocycles. The molecule has 8 heteroatoms. The zero-order valence-corrected chi connectivity index (χ0v) is 71.6. The maximum absolute atomic E-state index is 5.97. The Hall–Kier alpha value is -17.7. The van der Waals surface area contributed by atoms with Gasteiger partial charge in [-0.2, -0.15) is 0 Å². The lowest BCUT2D eigenvalue weighted by molar-refractivity contribution is 0.995. The number of aromatic nitrogens is 8. The summed E-state index contributed by atoms with van der Waals surface area (Å²) in [6.45, 7) is 0. The highest BCUT2D eigenvalue weighted by atomic mass is 15.2. The van der Waals surface area contributed by atoms with Crippen LogP contribution in [0.2, 0.25) is 0 Å². The van der Waals surface area contributed by atoms with Crippen LogP contribution in [0, 0.1) is 0 Å². The first-order valence-corrected chi connectivity index (χ1v) is 45.2. The van der Waals surface area contributed by atoms with Gasteiger partial charge in [0, 0.05) is 104 Å². The third kappa shape index (κ3) is 11.9. The molecule has 27 rings (SSSR count). The second-order valence-corrected chi connectivity index (χ2v) is 34.8. The molecule has 614 valence electrons. The van der Waals surface area contributed by atoms with E-state index in [1.54, 1.807) is 0 Å². The van der Waals surface area contributed by atoms with E-state index in [1.807, 2.05) is 0 Å². The molecule has 0 bridgehead atoms. The molecule has 0 saturated heterocycles. The number of hydrogen-bond donors (Lipinski definition) is 0. The van der Waals surface area contributed by atoms with E-state index in [1.165, 1.54) is 76.2 Å². The van der Waals surface area contributed by atoms with Gasteiger partial charge in [-0.05, 0) is 261 Å². The van der Waals surface area contributed by atoms with Gasteiger partial charge >= 0.3 is 0 Å². The molecule has 132 heavy (non-hydrogen) atoms. The molecule has 0 fully saturated rings. The molecule has 0 amide bonds. The van der Waals surface area contributed by atoms with Crippen LogP contribution in [0.5, 0.6) is 0 Å². The zero-order chi connectivity index (χ0) is 86.6. The number of hydrogen-bond acceptors (Lipinski definition) is 2. The Kier molecular flexibility index (Phi) is 16.9. The number of fused-ring (bicyclic) bond motifs is 18. The number of benzene rings is 20. The van der Waals surface area contributed by atoms with Crippen LogP contribution in [0.3, 0.4) is 0 Å². The van der Waals surface area contributed by atoms with Crippen LogP contribution in [-0.2, 0) is 0 Å². The molecule has 20 aromatic carbocycles. The van der Waals surface area contributed by atoms with E-state index < -0.39 is 0 Å². The summed E-state index contributed by atoms with van der Waals surface area (Å²) in [5, 5.41) is 14.1. The van der Waals surface area contributed by atoms with Crippen LogP contribution < -0.4 is 0 Å². The van der Waals surface area contributed by atoms with Gasteiger partial charge in [-0.3, -0.25) is 4.57 Å². The second kappa shape index (κ2) is 30.0. The first kappa shape index (κ1) is 74.5. The van der Waals surface area contributed by atoms with Gasteiger partial charge in [-0.15, -0.1) is 0 Å². The van der Waals surface area contributed by atoms with E-state index in [0.717, 1.165) is 172 Å². The van der Waals surface area contributed by atoms with Crippen LogP contribution in [0.1, 0.15) is 0 Å². The lowest BCUT2D eigenvalue weighted by Crippen LogP contribution is -2.05. The largest absolute Gasteiger partial charge is 0.309 e. The van der Waals surface area contributed by atoms with Crippen molar-refractivity contribution in [3.05, 3.63) is 473 Å². The minimum absolute atomic E-state index is 0.549. The van der Waals surface area contributed by atoms with Crippen LogP contribution in [0.15, 0.2) is 473 Å². The lowest BCUT2D eigenvalue weighted by Gasteiger charge is -2.16. The summed E-state index contributed by atoms with van der Waals surface area (Å²) in [5.41, 5.74) is 35.9. The average Bonchev–Trinajstić information content (AvgIpc) is 1.58. The van der Waals surface area contributed by atoms with E-state index in [-0.39, 0.29) is 0 Å². The summed E-state index contributed by atoms with van der Waals surface area (Å²) in [6.07, 6.45) is 0. The molecule has 0 aliphatic rings. The van der Waals surface area contributed by atoms with E-state index in [2.05, 4.69) is 501 Å². The van der Waals surface area contributed by atoms with Gasteiger partial charge in [0.25, 0.3) is 0 Å². The molecular formula is C124H78N8. The molecule has 0 spiro atoms. The highest BCUT2D eigenvalue weighted by Crippen LogP contribution is 2.47. The van der Waals surface area contributed by atoms with Crippen molar-refractivity contribution in [1.82, 2.24) is 37.4 Å². The van der Waals surface area contributed by atoms with E-state index in [4.69, 9.17) is 9.97 Å². The predicted molar refractivity (Wildman–Crippen MR) is 552 cm³/mol. The fraction of sp³-hybridized carbons (Fsp3) is 0. The average molecular weight is 1680 g/mol. The third-order valence-corrected chi connectivity index (χ3v) is 27.4. The smallest absolute Gasteiger partial charge is 0.235 e. The predicted octanol–water partition coefficient (Wildman–Crippen LogP) is 32.4. The second-order valence-electron chi connectivity index (χ2n) is 34.8. The highest BCUT2D eigenvalue weighted by Gasteiger charge is 2.26. The molecular weight excluding hydrogens is 1600 g/mol. The normalized spacial score (nSPS) is 11.9. The standard InChI is InChI=1S/C124H78N8/c1-7-28-79(29-8-1)81-50-59-96(101(69-81)80-30-9-2-10-31-80)111-78-110(125-124(126-111)132-122-66-57-88(84-53-62-118-104(72-84)99-44-21-25-48-114(99)129(118)93-37-15-5-16-38-93)76-108(122)109-77-89(58-67-123(109)132)85-54-63-119-105(73-85)100-45-22-26-49-115(100)130(119)94-39-17-6-18-40-94)90-32-27-41-95(68-90)131-120-64-55-86(82-51-60-116-102(70-82)97-42-19-23-46-112(97)127(116)91-33-11-3-12-34-91)74-106(120)107-75-87(56-65-121(107)131)83-52-61-117-103(71-83)98-43-20-24-47-113(98)128(117)92-35-13-4-14-36-92/h1-78H. The Bertz CT molecular complexity index is 8950. The molecule has 0 unspecified atom stereocenters.